The Morgan fingerprint density at radius 2 is 2.04 bits per heavy atom. The molecule has 7 heteroatoms. The molecule has 0 atom stereocenters. The van der Waals surface area contributed by atoms with E-state index in [0.717, 1.165) is 0 Å². The summed E-state index contributed by atoms with van der Waals surface area (Å²) in [6.45, 7) is 0.972. The van der Waals surface area contributed by atoms with E-state index >= 15 is 0 Å². The van der Waals surface area contributed by atoms with E-state index in [0.29, 0.717) is 42.3 Å². The lowest BCUT2D eigenvalue weighted by molar-refractivity contribution is 0.301. The molecule has 120 valence electrons. The lowest BCUT2D eigenvalue weighted by Gasteiger charge is -2.08. The number of aryl methyl sites for hydroxylation is 1. The molecule has 0 N–H and O–H groups in total. The molecule has 0 bridgehead atoms. The number of ether oxygens (including phenoxy) is 1. The Kier molecular flexibility index (Phi) is 4.68. The standard InChI is InChI=1S/C17H14N4O3/c18-10-13-2-5-15(6-3-13)23-9-1-8-21-11-14(4-7-16(21)22)17-20-19-12-24-17/h2-7,11-12H,1,8-9H2. The number of hydrogen-bond donors (Lipinski definition) is 0. The number of rotatable bonds is 6. The Bertz CT molecular complexity index is 893. The summed E-state index contributed by atoms with van der Waals surface area (Å²) in [7, 11) is 0. The summed E-state index contributed by atoms with van der Waals surface area (Å²) in [6.07, 6.45) is 3.60. The highest BCUT2D eigenvalue weighted by Crippen LogP contribution is 2.14. The van der Waals surface area contributed by atoms with Gasteiger partial charge in [0.1, 0.15) is 5.75 Å². The molecule has 0 aliphatic carbocycles. The molecule has 1 aromatic carbocycles. The predicted molar refractivity (Wildman–Crippen MR) is 85.3 cm³/mol. The second-order valence-corrected chi connectivity index (χ2v) is 5.03. The summed E-state index contributed by atoms with van der Waals surface area (Å²) < 4.78 is 12.3. The van der Waals surface area contributed by atoms with Gasteiger partial charge in [-0.05, 0) is 36.8 Å². The van der Waals surface area contributed by atoms with Crippen LogP contribution in [0.3, 0.4) is 0 Å². The molecule has 0 radical (unpaired) electrons. The smallest absolute Gasteiger partial charge is 0.250 e. The number of hydrogen-bond acceptors (Lipinski definition) is 6. The Morgan fingerprint density at radius 1 is 1.21 bits per heavy atom. The van der Waals surface area contributed by atoms with E-state index in [1.165, 1.54) is 12.5 Å². The average molecular weight is 322 g/mol. The maximum absolute atomic E-state index is 11.9. The Hall–Kier alpha value is -3.40. The summed E-state index contributed by atoms with van der Waals surface area (Å²) in [5.74, 6) is 1.07. The van der Waals surface area contributed by atoms with Crippen LogP contribution in [0.5, 0.6) is 5.75 Å². The summed E-state index contributed by atoms with van der Waals surface area (Å²) in [5, 5.41) is 16.2. The first-order valence-electron chi connectivity index (χ1n) is 7.36. The minimum absolute atomic E-state index is 0.100. The van der Waals surface area contributed by atoms with Crippen molar-refractivity contribution in [3.05, 3.63) is 64.9 Å². The van der Waals surface area contributed by atoms with Crippen molar-refractivity contribution in [2.45, 2.75) is 13.0 Å². The first-order chi connectivity index (χ1) is 11.8. The molecule has 0 unspecified atom stereocenters. The van der Waals surface area contributed by atoms with Crippen molar-refractivity contribution in [1.29, 1.82) is 5.26 Å². The number of nitrogens with zero attached hydrogens (tertiary/aromatic N) is 4. The van der Waals surface area contributed by atoms with Crippen LogP contribution >= 0.6 is 0 Å². The zero-order valence-electron chi connectivity index (χ0n) is 12.8. The van der Waals surface area contributed by atoms with E-state index < -0.39 is 0 Å². The van der Waals surface area contributed by atoms with Crippen LogP contribution in [0.25, 0.3) is 11.5 Å². The quantitative estimate of drug-likeness (QED) is 0.646. The van der Waals surface area contributed by atoms with Gasteiger partial charge < -0.3 is 13.7 Å². The molecule has 7 nitrogen and oxygen atoms in total. The maximum Gasteiger partial charge on any atom is 0.250 e. The molecule has 0 saturated heterocycles. The van der Waals surface area contributed by atoms with Crippen molar-refractivity contribution in [3.63, 3.8) is 0 Å². The SMILES string of the molecule is N#Cc1ccc(OCCCn2cc(-c3nnco3)ccc2=O)cc1. The second kappa shape index (κ2) is 7.24. The molecule has 0 saturated carbocycles. The molecule has 3 rings (SSSR count). The van der Waals surface area contributed by atoms with Crippen molar-refractivity contribution in [1.82, 2.24) is 14.8 Å². The highest BCUT2D eigenvalue weighted by Gasteiger charge is 2.06. The molecule has 0 fully saturated rings. The third kappa shape index (κ3) is 3.67. The Morgan fingerprint density at radius 3 is 2.75 bits per heavy atom. The van der Waals surface area contributed by atoms with Gasteiger partial charge in [-0.15, -0.1) is 10.2 Å². The summed E-state index contributed by atoms with van der Waals surface area (Å²) in [5.41, 5.74) is 1.18. The van der Waals surface area contributed by atoms with Crippen LogP contribution in [-0.4, -0.2) is 21.4 Å². The van der Waals surface area contributed by atoms with E-state index in [1.54, 1.807) is 41.1 Å². The second-order valence-electron chi connectivity index (χ2n) is 5.03. The third-order valence-electron chi connectivity index (χ3n) is 3.39. The molecular formula is C17H14N4O3. The van der Waals surface area contributed by atoms with Crippen molar-refractivity contribution >= 4 is 0 Å². The predicted octanol–water partition coefficient (Wildman–Crippen LogP) is 2.24. The van der Waals surface area contributed by atoms with Gasteiger partial charge in [0.15, 0.2) is 0 Å². The fraction of sp³-hybridized carbons (Fsp3) is 0.176. The minimum Gasteiger partial charge on any atom is -0.494 e. The Balaban J connectivity index is 1.57. The van der Waals surface area contributed by atoms with Crippen LogP contribution in [0, 0.1) is 11.3 Å². The van der Waals surface area contributed by atoms with Crippen molar-refractivity contribution in [2.24, 2.45) is 0 Å². The highest BCUT2D eigenvalue weighted by atomic mass is 16.5. The molecule has 0 aliphatic heterocycles. The van der Waals surface area contributed by atoms with Crippen LogP contribution in [0.2, 0.25) is 0 Å². The first kappa shape index (κ1) is 15.5. The fourth-order valence-corrected chi connectivity index (χ4v) is 2.18. The number of benzene rings is 1. The van der Waals surface area contributed by atoms with E-state index in [2.05, 4.69) is 16.3 Å². The maximum atomic E-state index is 11.9. The number of pyridine rings is 1. The largest absolute Gasteiger partial charge is 0.494 e. The Labute approximate surface area is 137 Å². The zero-order chi connectivity index (χ0) is 16.8. The van der Waals surface area contributed by atoms with Crippen LogP contribution in [-0.2, 0) is 6.54 Å². The van der Waals surface area contributed by atoms with Gasteiger partial charge in [0, 0.05) is 18.8 Å². The van der Waals surface area contributed by atoms with Crippen LogP contribution in [0.4, 0.5) is 0 Å². The first-order valence-corrected chi connectivity index (χ1v) is 7.36. The van der Waals surface area contributed by atoms with Gasteiger partial charge >= 0.3 is 0 Å². The van der Waals surface area contributed by atoms with Crippen LogP contribution in [0.1, 0.15) is 12.0 Å². The monoisotopic (exact) mass is 322 g/mol. The van der Waals surface area contributed by atoms with E-state index in [-0.39, 0.29) is 5.56 Å². The van der Waals surface area contributed by atoms with E-state index in [9.17, 15) is 4.79 Å². The third-order valence-corrected chi connectivity index (χ3v) is 3.39. The fourth-order valence-electron chi connectivity index (χ4n) is 2.18. The van der Waals surface area contributed by atoms with Crippen molar-refractivity contribution < 1.29 is 9.15 Å². The average Bonchev–Trinajstić information content (AvgIpc) is 3.15. The summed E-state index contributed by atoms with van der Waals surface area (Å²) in [6, 6.07) is 12.1. The molecule has 0 spiro atoms. The normalized spacial score (nSPS) is 10.3. The lowest BCUT2D eigenvalue weighted by atomic mass is 10.2. The van der Waals surface area contributed by atoms with Gasteiger partial charge in [-0.3, -0.25) is 4.79 Å². The number of nitriles is 1. The molecule has 24 heavy (non-hydrogen) atoms. The summed E-state index contributed by atoms with van der Waals surface area (Å²) >= 11 is 0. The van der Waals surface area contributed by atoms with Crippen molar-refractivity contribution in [3.8, 4) is 23.3 Å². The van der Waals surface area contributed by atoms with Gasteiger partial charge in [0.05, 0.1) is 23.8 Å². The number of aromatic nitrogens is 3. The minimum atomic E-state index is -0.100. The van der Waals surface area contributed by atoms with Gasteiger partial charge in [0.25, 0.3) is 5.56 Å². The molecular weight excluding hydrogens is 308 g/mol. The zero-order valence-corrected chi connectivity index (χ0v) is 12.8. The topological polar surface area (TPSA) is 93.9 Å². The lowest BCUT2D eigenvalue weighted by Crippen LogP contribution is -2.19. The molecule has 0 aliphatic rings. The molecule has 3 aromatic rings. The van der Waals surface area contributed by atoms with Crippen LogP contribution < -0.4 is 10.3 Å². The summed E-state index contributed by atoms with van der Waals surface area (Å²) in [4.78, 5) is 11.9. The van der Waals surface area contributed by atoms with Crippen LogP contribution in [0.15, 0.2) is 58.2 Å². The van der Waals surface area contributed by atoms with Gasteiger partial charge in [0.2, 0.25) is 12.3 Å². The van der Waals surface area contributed by atoms with Crippen molar-refractivity contribution in [2.75, 3.05) is 6.61 Å². The van der Waals surface area contributed by atoms with Gasteiger partial charge in [-0.2, -0.15) is 5.26 Å². The van der Waals surface area contributed by atoms with E-state index in [1.807, 2.05) is 0 Å². The van der Waals surface area contributed by atoms with Gasteiger partial charge in [-0.25, -0.2) is 0 Å². The van der Waals surface area contributed by atoms with Gasteiger partial charge in [-0.1, -0.05) is 0 Å². The molecule has 0 amide bonds. The molecule has 2 heterocycles. The highest BCUT2D eigenvalue weighted by molar-refractivity contribution is 5.49. The molecule has 2 aromatic heterocycles. The van der Waals surface area contributed by atoms with E-state index in [4.69, 9.17) is 14.4 Å².